The van der Waals surface area contributed by atoms with Crippen molar-refractivity contribution in [3.8, 4) is 11.5 Å². The molecule has 0 unspecified atom stereocenters. The summed E-state index contributed by atoms with van der Waals surface area (Å²) in [5, 5.41) is 3.58. The van der Waals surface area contributed by atoms with E-state index in [1.165, 1.54) is 18.2 Å². The molecule has 0 spiro atoms. The maximum absolute atomic E-state index is 13.2. The topological polar surface area (TPSA) is 30.5 Å². The Morgan fingerprint density at radius 1 is 1.25 bits per heavy atom. The second-order valence-electron chi connectivity index (χ2n) is 4.29. The SMILES string of the molecule is Fc1ccc(Cl)c(NCc2cc(Br)c3c(c2)OCO3)c1. The Morgan fingerprint density at radius 2 is 2.10 bits per heavy atom. The van der Waals surface area contributed by atoms with E-state index in [4.69, 9.17) is 21.1 Å². The average molecular weight is 359 g/mol. The van der Waals surface area contributed by atoms with Crippen molar-refractivity contribution in [2.75, 3.05) is 12.1 Å². The first-order chi connectivity index (χ1) is 9.63. The number of hydrogen-bond donors (Lipinski definition) is 1. The summed E-state index contributed by atoms with van der Waals surface area (Å²) < 4.78 is 24.7. The Labute approximate surface area is 128 Å². The molecule has 0 saturated heterocycles. The van der Waals surface area contributed by atoms with Gasteiger partial charge in [-0.15, -0.1) is 0 Å². The Morgan fingerprint density at radius 3 is 2.95 bits per heavy atom. The standard InChI is InChI=1S/C14H10BrClFNO2/c15-10-3-8(4-13-14(10)20-7-19-13)6-18-12-5-9(17)1-2-11(12)16/h1-5,18H,6-7H2. The summed E-state index contributed by atoms with van der Waals surface area (Å²) in [6.45, 7) is 0.721. The van der Waals surface area contributed by atoms with Crippen LogP contribution in [0.15, 0.2) is 34.8 Å². The molecular weight excluding hydrogens is 349 g/mol. The number of hydrogen-bond acceptors (Lipinski definition) is 3. The monoisotopic (exact) mass is 357 g/mol. The van der Waals surface area contributed by atoms with Gasteiger partial charge in [-0.3, -0.25) is 0 Å². The van der Waals surface area contributed by atoms with E-state index in [-0.39, 0.29) is 12.6 Å². The lowest BCUT2D eigenvalue weighted by Gasteiger charge is -2.10. The number of fused-ring (bicyclic) bond motifs is 1. The summed E-state index contributed by atoms with van der Waals surface area (Å²) in [5.41, 5.74) is 1.53. The van der Waals surface area contributed by atoms with Crippen molar-refractivity contribution in [1.29, 1.82) is 0 Å². The summed E-state index contributed by atoms with van der Waals surface area (Å²) in [4.78, 5) is 0. The minimum Gasteiger partial charge on any atom is -0.454 e. The van der Waals surface area contributed by atoms with Crippen LogP contribution in [0.4, 0.5) is 10.1 Å². The smallest absolute Gasteiger partial charge is 0.231 e. The van der Waals surface area contributed by atoms with E-state index in [1.54, 1.807) is 0 Å². The van der Waals surface area contributed by atoms with Gasteiger partial charge >= 0.3 is 0 Å². The van der Waals surface area contributed by atoms with E-state index in [2.05, 4.69) is 21.2 Å². The van der Waals surface area contributed by atoms with Crippen LogP contribution in [0.2, 0.25) is 5.02 Å². The molecule has 0 aliphatic carbocycles. The molecule has 0 fully saturated rings. The van der Waals surface area contributed by atoms with Crippen LogP contribution < -0.4 is 14.8 Å². The van der Waals surface area contributed by atoms with Crippen LogP contribution in [0.5, 0.6) is 11.5 Å². The third kappa shape index (κ3) is 2.69. The Kier molecular flexibility index (Phi) is 3.72. The van der Waals surface area contributed by atoms with Gasteiger partial charge in [0.25, 0.3) is 0 Å². The van der Waals surface area contributed by atoms with Gasteiger partial charge < -0.3 is 14.8 Å². The van der Waals surface area contributed by atoms with Crippen molar-refractivity contribution < 1.29 is 13.9 Å². The summed E-state index contributed by atoms with van der Waals surface area (Å²) in [7, 11) is 0. The Hall–Kier alpha value is -1.46. The fraction of sp³-hybridized carbons (Fsp3) is 0.143. The average Bonchev–Trinajstić information content (AvgIpc) is 2.89. The van der Waals surface area contributed by atoms with E-state index < -0.39 is 0 Å². The van der Waals surface area contributed by atoms with Crippen molar-refractivity contribution in [2.45, 2.75) is 6.54 Å². The van der Waals surface area contributed by atoms with Crippen LogP contribution in [0, 0.1) is 5.82 Å². The van der Waals surface area contributed by atoms with Crippen LogP contribution in [-0.2, 0) is 6.54 Å². The molecule has 0 bridgehead atoms. The molecule has 1 heterocycles. The van der Waals surface area contributed by atoms with Crippen LogP contribution in [-0.4, -0.2) is 6.79 Å². The second kappa shape index (κ2) is 5.50. The zero-order valence-electron chi connectivity index (χ0n) is 10.3. The van der Waals surface area contributed by atoms with Gasteiger partial charge in [-0.2, -0.15) is 0 Å². The van der Waals surface area contributed by atoms with E-state index in [9.17, 15) is 4.39 Å². The number of benzene rings is 2. The van der Waals surface area contributed by atoms with Gasteiger partial charge in [0.2, 0.25) is 6.79 Å². The van der Waals surface area contributed by atoms with Crippen molar-refractivity contribution in [2.24, 2.45) is 0 Å². The molecule has 1 aliphatic rings. The highest BCUT2D eigenvalue weighted by molar-refractivity contribution is 9.10. The van der Waals surface area contributed by atoms with Crippen molar-refractivity contribution in [3.05, 3.63) is 51.2 Å². The number of anilines is 1. The van der Waals surface area contributed by atoms with E-state index in [0.717, 1.165) is 10.0 Å². The molecule has 2 aromatic rings. The predicted octanol–water partition coefficient (Wildman–Crippen LogP) is 4.58. The first kappa shape index (κ1) is 13.5. The van der Waals surface area contributed by atoms with Crippen LogP contribution in [0.3, 0.4) is 0 Å². The molecule has 2 aromatic carbocycles. The van der Waals surface area contributed by atoms with E-state index in [1.807, 2.05) is 12.1 Å². The number of nitrogens with one attached hydrogen (secondary N) is 1. The van der Waals surface area contributed by atoms with Crippen molar-refractivity contribution in [1.82, 2.24) is 0 Å². The van der Waals surface area contributed by atoms with Crippen LogP contribution in [0.1, 0.15) is 5.56 Å². The summed E-state index contributed by atoms with van der Waals surface area (Å²) in [6.07, 6.45) is 0. The van der Waals surface area contributed by atoms with Crippen LogP contribution >= 0.6 is 27.5 Å². The fourth-order valence-corrected chi connectivity index (χ4v) is 2.74. The zero-order chi connectivity index (χ0) is 14.1. The Bertz CT molecular complexity index is 666. The molecule has 0 amide bonds. The van der Waals surface area contributed by atoms with Gasteiger partial charge in [0.05, 0.1) is 15.2 Å². The molecule has 1 N–H and O–H groups in total. The van der Waals surface area contributed by atoms with Gasteiger partial charge in [-0.25, -0.2) is 4.39 Å². The zero-order valence-corrected chi connectivity index (χ0v) is 12.6. The van der Waals surface area contributed by atoms with Gasteiger partial charge in [0, 0.05) is 6.54 Å². The van der Waals surface area contributed by atoms with E-state index >= 15 is 0 Å². The first-order valence-corrected chi connectivity index (χ1v) is 7.07. The van der Waals surface area contributed by atoms with Gasteiger partial charge in [-0.05, 0) is 51.8 Å². The molecule has 0 saturated carbocycles. The predicted molar refractivity (Wildman–Crippen MR) is 79.0 cm³/mol. The highest BCUT2D eigenvalue weighted by Crippen LogP contribution is 2.40. The molecule has 0 aromatic heterocycles. The highest BCUT2D eigenvalue weighted by Gasteiger charge is 2.17. The third-order valence-electron chi connectivity index (χ3n) is 2.90. The summed E-state index contributed by atoms with van der Waals surface area (Å²) in [6, 6.07) is 8.02. The quantitative estimate of drug-likeness (QED) is 0.871. The lowest BCUT2D eigenvalue weighted by Crippen LogP contribution is -2.00. The minimum absolute atomic E-state index is 0.223. The molecule has 3 nitrogen and oxygen atoms in total. The fourth-order valence-electron chi connectivity index (χ4n) is 1.95. The maximum atomic E-state index is 13.2. The first-order valence-electron chi connectivity index (χ1n) is 5.90. The second-order valence-corrected chi connectivity index (χ2v) is 5.55. The molecule has 104 valence electrons. The molecule has 1 aliphatic heterocycles. The number of rotatable bonds is 3. The molecule has 0 radical (unpaired) electrons. The number of ether oxygens (including phenoxy) is 2. The molecule has 20 heavy (non-hydrogen) atoms. The van der Waals surface area contributed by atoms with Crippen molar-refractivity contribution >= 4 is 33.2 Å². The normalized spacial score (nSPS) is 12.6. The van der Waals surface area contributed by atoms with Crippen molar-refractivity contribution in [3.63, 3.8) is 0 Å². The highest BCUT2D eigenvalue weighted by atomic mass is 79.9. The minimum atomic E-state index is -0.330. The molecule has 6 heteroatoms. The van der Waals surface area contributed by atoms with Gasteiger partial charge in [0.15, 0.2) is 11.5 Å². The Balaban J connectivity index is 1.79. The maximum Gasteiger partial charge on any atom is 0.231 e. The van der Waals surface area contributed by atoms with E-state index in [0.29, 0.717) is 28.8 Å². The molecule has 0 atom stereocenters. The lowest BCUT2D eigenvalue weighted by molar-refractivity contribution is 0.173. The van der Waals surface area contributed by atoms with Gasteiger partial charge in [0.1, 0.15) is 5.82 Å². The number of halogens is 3. The van der Waals surface area contributed by atoms with Gasteiger partial charge in [-0.1, -0.05) is 11.6 Å². The molecule has 3 rings (SSSR count). The summed E-state index contributed by atoms with van der Waals surface area (Å²) >= 11 is 9.44. The largest absolute Gasteiger partial charge is 0.454 e. The lowest BCUT2D eigenvalue weighted by atomic mass is 10.2. The third-order valence-corrected chi connectivity index (χ3v) is 3.82. The summed E-state index contributed by atoms with van der Waals surface area (Å²) in [5.74, 6) is 1.07. The molecular formula is C14H10BrClFNO2. The van der Waals surface area contributed by atoms with Crippen LogP contribution in [0.25, 0.3) is 0 Å².